The summed E-state index contributed by atoms with van der Waals surface area (Å²) in [6.07, 6.45) is 1.15. The van der Waals surface area contributed by atoms with Crippen LogP contribution in [0.4, 0.5) is 10.5 Å². The second-order valence-electron chi connectivity index (χ2n) is 6.74. The van der Waals surface area contributed by atoms with Gasteiger partial charge in [0.25, 0.3) is 0 Å². The van der Waals surface area contributed by atoms with Gasteiger partial charge in [-0.05, 0) is 73.2 Å². The number of amides is 2. The van der Waals surface area contributed by atoms with E-state index in [9.17, 15) is 13.2 Å². The van der Waals surface area contributed by atoms with Crippen molar-refractivity contribution in [2.75, 3.05) is 11.6 Å². The third-order valence-electron chi connectivity index (χ3n) is 4.32. The third kappa shape index (κ3) is 5.98. The number of hydrogen-bond acceptors (Lipinski definition) is 4. The fraction of sp³-hybridized carbons (Fsp3) is 0.136. The molecule has 0 radical (unpaired) electrons. The number of sulfone groups is 1. The number of halogens is 1. The molecular formula is C22H21ClN2O4S. The fourth-order valence-electron chi connectivity index (χ4n) is 2.70. The van der Waals surface area contributed by atoms with E-state index in [2.05, 4.69) is 10.6 Å². The normalized spacial score (nSPS) is 12.1. The van der Waals surface area contributed by atoms with E-state index in [-0.39, 0.29) is 17.0 Å². The first-order valence-corrected chi connectivity index (χ1v) is 11.4. The lowest BCUT2D eigenvalue weighted by Crippen LogP contribution is -2.31. The molecule has 0 aliphatic heterocycles. The minimum Gasteiger partial charge on any atom is -0.457 e. The minimum atomic E-state index is -3.25. The van der Waals surface area contributed by atoms with Crippen LogP contribution in [0.25, 0.3) is 0 Å². The first kappa shape index (κ1) is 21.7. The Morgan fingerprint density at radius 2 is 1.43 bits per heavy atom. The van der Waals surface area contributed by atoms with E-state index in [0.29, 0.717) is 22.2 Å². The van der Waals surface area contributed by atoms with Crippen molar-refractivity contribution in [3.63, 3.8) is 0 Å². The number of carbonyl (C=O) groups excluding carboxylic acids is 1. The van der Waals surface area contributed by atoms with Crippen LogP contribution in [0.1, 0.15) is 18.5 Å². The molecule has 1 atom stereocenters. The first-order chi connectivity index (χ1) is 14.2. The van der Waals surface area contributed by atoms with Crippen molar-refractivity contribution < 1.29 is 17.9 Å². The molecule has 6 nitrogen and oxygen atoms in total. The van der Waals surface area contributed by atoms with E-state index in [4.69, 9.17) is 16.3 Å². The molecule has 0 saturated carbocycles. The zero-order valence-electron chi connectivity index (χ0n) is 16.4. The number of anilines is 1. The number of hydrogen-bond donors (Lipinski definition) is 2. The Hall–Kier alpha value is -3.03. The van der Waals surface area contributed by atoms with Gasteiger partial charge in [0.2, 0.25) is 0 Å². The van der Waals surface area contributed by atoms with Gasteiger partial charge in [-0.1, -0.05) is 23.7 Å². The number of benzene rings is 3. The molecule has 156 valence electrons. The van der Waals surface area contributed by atoms with E-state index < -0.39 is 9.84 Å². The fourth-order valence-corrected chi connectivity index (χ4v) is 3.45. The van der Waals surface area contributed by atoms with Crippen LogP contribution in [0.15, 0.2) is 77.7 Å². The van der Waals surface area contributed by atoms with Gasteiger partial charge in [0, 0.05) is 17.0 Å². The maximum Gasteiger partial charge on any atom is 0.319 e. The van der Waals surface area contributed by atoms with Crippen LogP contribution >= 0.6 is 11.6 Å². The molecule has 0 aromatic heterocycles. The van der Waals surface area contributed by atoms with E-state index in [1.54, 1.807) is 48.5 Å². The van der Waals surface area contributed by atoms with E-state index in [1.165, 1.54) is 12.1 Å². The van der Waals surface area contributed by atoms with Crippen LogP contribution in [0.2, 0.25) is 5.02 Å². The Morgan fingerprint density at radius 3 is 1.97 bits per heavy atom. The van der Waals surface area contributed by atoms with Crippen molar-refractivity contribution in [1.82, 2.24) is 5.32 Å². The quantitative estimate of drug-likeness (QED) is 0.531. The molecule has 0 aliphatic carbocycles. The average molecular weight is 445 g/mol. The Balaban J connectivity index is 1.56. The van der Waals surface area contributed by atoms with Crippen molar-refractivity contribution in [2.24, 2.45) is 0 Å². The number of urea groups is 1. The predicted octanol–water partition coefficient (Wildman–Crippen LogP) is 5.42. The van der Waals surface area contributed by atoms with Gasteiger partial charge in [-0.25, -0.2) is 13.2 Å². The largest absolute Gasteiger partial charge is 0.457 e. The van der Waals surface area contributed by atoms with Crippen LogP contribution in [-0.2, 0) is 9.84 Å². The van der Waals surface area contributed by atoms with Crippen molar-refractivity contribution >= 4 is 33.2 Å². The Labute approximate surface area is 180 Å². The third-order valence-corrected chi connectivity index (χ3v) is 5.70. The highest BCUT2D eigenvalue weighted by Gasteiger charge is 2.10. The lowest BCUT2D eigenvalue weighted by atomic mass is 10.1. The van der Waals surface area contributed by atoms with Crippen LogP contribution in [0.3, 0.4) is 0 Å². The van der Waals surface area contributed by atoms with Crippen molar-refractivity contribution in [2.45, 2.75) is 17.9 Å². The molecule has 30 heavy (non-hydrogen) atoms. The lowest BCUT2D eigenvalue weighted by Gasteiger charge is -2.15. The highest BCUT2D eigenvalue weighted by molar-refractivity contribution is 7.90. The van der Waals surface area contributed by atoms with Gasteiger partial charge in [0.1, 0.15) is 11.5 Å². The summed E-state index contributed by atoms with van der Waals surface area (Å²) in [6, 6.07) is 19.8. The van der Waals surface area contributed by atoms with Crippen LogP contribution in [0, 0.1) is 0 Å². The maximum atomic E-state index is 12.2. The molecule has 3 aromatic carbocycles. The molecule has 0 aliphatic rings. The molecule has 0 heterocycles. The van der Waals surface area contributed by atoms with Gasteiger partial charge >= 0.3 is 6.03 Å². The van der Waals surface area contributed by atoms with Gasteiger partial charge in [-0.15, -0.1) is 0 Å². The second kappa shape index (κ2) is 9.19. The first-order valence-electron chi connectivity index (χ1n) is 9.12. The van der Waals surface area contributed by atoms with Crippen LogP contribution in [0.5, 0.6) is 11.5 Å². The zero-order valence-corrected chi connectivity index (χ0v) is 18.0. The molecule has 3 rings (SSSR count). The van der Waals surface area contributed by atoms with Gasteiger partial charge in [-0.2, -0.15) is 0 Å². The van der Waals surface area contributed by atoms with E-state index in [1.807, 2.05) is 19.1 Å². The Bertz CT molecular complexity index is 1110. The standard InChI is InChI=1S/C22H21ClN2O4S/c1-15(16-3-5-17(23)6-4-16)24-22(26)25-18-7-9-19(10-8-18)29-20-11-13-21(14-12-20)30(2,27)28/h3-15H,1-2H3,(H2,24,25,26). The van der Waals surface area contributed by atoms with Gasteiger partial charge in [0.05, 0.1) is 10.9 Å². The summed E-state index contributed by atoms with van der Waals surface area (Å²) in [4.78, 5) is 12.5. The molecule has 0 saturated heterocycles. The maximum absolute atomic E-state index is 12.2. The number of carbonyl (C=O) groups is 1. The zero-order chi connectivity index (χ0) is 21.7. The smallest absolute Gasteiger partial charge is 0.319 e. The topological polar surface area (TPSA) is 84.5 Å². The van der Waals surface area contributed by atoms with E-state index >= 15 is 0 Å². The van der Waals surface area contributed by atoms with Crippen LogP contribution < -0.4 is 15.4 Å². The number of ether oxygens (including phenoxy) is 1. The average Bonchev–Trinajstić information content (AvgIpc) is 2.69. The SMILES string of the molecule is CC(NC(=O)Nc1ccc(Oc2ccc(S(C)(=O)=O)cc2)cc1)c1ccc(Cl)cc1. The number of nitrogens with one attached hydrogen (secondary N) is 2. The summed E-state index contributed by atoms with van der Waals surface area (Å²) < 4.78 is 28.7. The molecule has 0 fully saturated rings. The molecule has 2 amide bonds. The van der Waals surface area contributed by atoms with Crippen molar-refractivity contribution in [1.29, 1.82) is 0 Å². The summed E-state index contributed by atoms with van der Waals surface area (Å²) in [6.45, 7) is 1.88. The van der Waals surface area contributed by atoms with Gasteiger partial charge in [-0.3, -0.25) is 0 Å². The summed E-state index contributed by atoms with van der Waals surface area (Å²) >= 11 is 5.88. The summed E-state index contributed by atoms with van der Waals surface area (Å²) in [5.74, 6) is 1.07. The Kier molecular flexibility index (Phi) is 6.64. The minimum absolute atomic E-state index is 0.181. The molecule has 8 heteroatoms. The van der Waals surface area contributed by atoms with Crippen molar-refractivity contribution in [3.8, 4) is 11.5 Å². The summed E-state index contributed by atoms with van der Waals surface area (Å²) in [5, 5.41) is 6.28. The lowest BCUT2D eigenvalue weighted by molar-refractivity contribution is 0.249. The Morgan fingerprint density at radius 1 is 0.900 bits per heavy atom. The highest BCUT2D eigenvalue weighted by atomic mass is 35.5. The molecular weight excluding hydrogens is 424 g/mol. The summed E-state index contributed by atoms with van der Waals surface area (Å²) in [5.41, 5.74) is 1.55. The highest BCUT2D eigenvalue weighted by Crippen LogP contribution is 2.24. The summed E-state index contributed by atoms with van der Waals surface area (Å²) in [7, 11) is -3.25. The van der Waals surface area contributed by atoms with E-state index in [0.717, 1.165) is 11.8 Å². The molecule has 0 bridgehead atoms. The van der Waals surface area contributed by atoms with Crippen molar-refractivity contribution in [3.05, 3.63) is 83.4 Å². The molecule has 2 N–H and O–H groups in total. The van der Waals surface area contributed by atoms with Gasteiger partial charge < -0.3 is 15.4 Å². The molecule has 1 unspecified atom stereocenters. The monoisotopic (exact) mass is 444 g/mol. The second-order valence-corrected chi connectivity index (χ2v) is 9.19. The van der Waals surface area contributed by atoms with Crippen LogP contribution in [-0.4, -0.2) is 20.7 Å². The number of rotatable bonds is 6. The predicted molar refractivity (Wildman–Crippen MR) is 118 cm³/mol. The van der Waals surface area contributed by atoms with Gasteiger partial charge in [0.15, 0.2) is 9.84 Å². The molecule has 0 spiro atoms. The molecule has 3 aromatic rings.